The van der Waals surface area contributed by atoms with Crippen LogP contribution in [-0.4, -0.2) is 5.78 Å². The highest BCUT2D eigenvalue weighted by atomic mass is 16.1. The Hall–Kier alpha value is -1.11. The average molecular weight is 202 g/mol. The lowest BCUT2D eigenvalue weighted by Crippen LogP contribution is -2.10. The number of ketones is 1. The van der Waals surface area contributed by atoms with E-state index in [0.29, 0.717) is 11.7 Å². The van der Waals surface area contributed by atoms with Crippen LogP contribution in [0.15, 0.2) is 18.2 Å². The second kappa shape index (κ2) is 3.80. The average Bonchev–Trinajstić information content (AvgIpc) is 2.52. The van der Waals surface area contributed by atoms with Crippen LogP contribution in [0.25, 0.3) is 0 Å². The maximum Gasteiger partial charge on any atom is 0.136 e. The lowest BCUT2D eigenvalue weighted by Gasteiger charge is -2.17. The number of carbonyl (C=O) groups excluding carboxylic acids is 1. The first-order chi connectivity index (χ1) is 7.09. The quantitative estimate of drug-likeness (QED) is 0.682. The number of aryl methyl sites for hydroxylation is 2. The van der Waals surface area contributed by atoms with E-state index in [1.54, 1.807) is 0 Å². The molecule has 2 unspecified atom stereocenters. The van der Waals surface area contributed by atoms with Crippen molar-refractivity contribution in [2.24, 2.45) is 5.92 Å². The molecular weight excluding hydrogens is 184 g/mol. The number of Topliss-reactive ketones (excluding diaryl/α,β-unsaturated/α-hetero) is 1. The van der Waals surface area contributed by atoms with Gasteiger partial charge in [0.15, 0.2) is 0 Å². The molecule has 1 aromatic carbocycles. The Labute approximate surface area is 91.5 Å². The molecule has 80 valence electrons. The van der Waals surface area contributed by atoms with Crippen LogP contribution < -0.4 is 0 Å². The molecular formula is C14H18O. The van der Waals surface area contributed by atoms with Gasteiger partial charge in [-0.15, -0.1) is 0 Å². The first-order valence-electron chi connectivity index (χ1n) is 5.69. The molecule has 0 saturated heterocycles. The van der Waals surface area contributed by atoms with Crippen molar-refractivity contribution < 1.29 is 4.79 Å². The van der Waals surface area contributed by atoms with E-state index in [1.165, 1.54) is 16.7 Å². The van der Waals surface area contributed by atoms with Crippen LogP contribution >= 0.6 is 0 Å². The molecule has 1 aliphatic carbocycles. The fourth-order valence-corrected chi connectivity index (χ4v) is 2.58. The molecule has 1 saturated carbocycles. The summed E-state index contributed by atoms with van der Waals surface area (Å²) in [6, 6.07) is 6.55. The predicted molar refractivity (Wildman–Crippen MR) is 62.1 cm³/mol. The van der Waals surface area contributed by atoms with Gasteiger partial charge in [0.2, 0.25) is 0 Å². The Morgan fingerprint density at radius 2 is 2.00 bits per heavy atom. The summed E-state index contributed by atoms with van der Waals surface area (Å²) in [5.74, 6) is 1.10. The monoisotopic (exact) mass is 202 g/mol. The summed E-state index contributed by atoms with van der Waals surface area (Å²) >= 11 is 0. The third kappa shape index (κ3) is 1.83. The molecule has 0 bridgehead atoms. The zero-order valence-corrected chi connectivity index (χ0v) is 9.71. The van der Waals surface area contributed by atoms with Gasteiger partial charge in [0, 0.05) is 12.3 Å². The molecule has 0 heterocycles. The van der Waals surface area contributed by atoms with Crippen molar-refractivity contribution in [2.45, 2.75) is 39.5 Å². The molecule has 1 heteroatoms. The van der Waals surface area contributed by atoms with Gasteiger partial charge in [-0.2, -0.15) is 0 Å². The van der Waals surface area contributed by atoms with Crippen molar-refractivity contribution in [3.63, 3.8) is 0 Å². The van der Waals surface area contributed by atoms with Crippen molar-refractivity contribution in [1.82, 2.24) is 0 Å². The third-order valence-electron chi connectivity index (χ3n) is 3.65. The Bertz CT molecular complexity index is 392. The molecule has 15 heavy (non-hydrogen) atoms. The molecule has 0 spiro atoms. The topological polar surface area (TPSA) is 17.1 Å². The van der Waals surface area contributed by atoms with Crippen LogP contribution in [0.5, 0.6) is 0 Å². The van der Waals surface area contributed by atoms with E-state index in [4.69, 9.17) is 0 Å². The van der Waals surface area contributed by atoms with E-state index in [-0.39, 0.29) is 5.92 Å². The fraction of sp³-hybridized carbons (Fsp3) is 0.500. The van der Waals surface area contributed by atoms with E-state index >= 15 is 0 Å². The molecule has 1 aliphatic rings. The maximum atomic E-state index is 11.6. The van der Waals surface area contributed by atoms with Gasteiger partial charge < -0.3 is 0 Å². The smallest absolute Gasteiger partial charge is 0.136 e. The molecule has 1 aromatic rings. The minimum absolute atomic E-state index is 0.213. The van der Waals surface area contributed by atoms with E-state index in [9.17, 15) is 4.79 Å². The number of carbonyl (C=O) groups is 1. The van der Waals surface area contributed by atoms with Crippen molar-refractivity contribution in [3.8, 4) is 0 Å². The lowest BCUT2D eigenvalue weighted by atomic mass is 9.86. The standard InChI is InChI=1S/C14H18O/c1-9-4-5-10(2)13(8-9)12-6-7-14(15)11(12)3/h4-5,8,11-12H,6-7H2,1-3H3. The van der Waals surface area contributed by atoms with Crippen molar-refractivity contribution in [2.75, 3.05) is 0 Å². The number of hydrogen-bond donors (Lipinski definition) is 0. The number of hydrogen-bond acceptors (Lipinski definition) is 1. The summed E-state index contributed by atoms with van der Waals surface area (Å²) < 4.78 is 0. The molecule has 1 nitrogen and oxygen atoms in total. The first-order valence-corrected chi connectivity index (χ1v) is 5.69. The molecule has 0 aromatic heterocycles. The summed E-state index contributed by atoms with van der Waals surface area (Å²) in [6.07, 6.45) is 1.80. The van der Waals surface area contributed by atoms with Gasteiger partial charge in [0.05, 0.1) is 0 Å². The zero-order valence-electron chi connectivity index (χ0n) is 9.71. The molecule has 0 N–H and O–H groups in total. The highest BCUT2D eigenvalue weighted by Crippen LogP contribution is 2.38. The first kappa shape index (κ1) is 10.4. The van der Waals surface area contributed by atoms with Crippen LogP contribution in [0.1, 0.15) is 42.4 Å². The third-order valence-corrected chi connectivity index (χ3v) is 3.65. The Morgan fingerprint density at radius 1 is 1.27 bits per heavy atom. The van der Waals surface area contributed by atoms with E-state index in [0.717, 1.165) is 12.8 Å². The van der Waals surface area contributed by atoms with Gasteiger partial charge in [0.1, 0.15) is 5.78 Å². The number of benzene rings is 1. The van der Waals surface area contributed by atoms with Crippen LogP contribution in [0.2, 0.25) is 0 Å². The van der Waals surface area contributed by atoms with Crippen molar-refractivity contribution in [1.29, 1.82) is 0 Å². The van der Waals surface area contributed by atoms with Crippen LogP contribution in [-0.2, 0) is 4.79 Å². The molecule has 1 fully saturated rings. The Kier molecular flexibility index (Phi) is 2.64. The van der Waals surface area contributed by atoms with Crippen molar-refractivity contribution in [3.05, 3.63) is 34.9 Å². The zero-order chi connectivity index (χ0) is 11.0. The summed E-state index contributed by atoms with van der Waals surface area (Å²) in [5, 5.41) is 0. The van der Waals surface area contributed by atoms with Gasteiger partial charge in [-0.3, -0.25) is 4.79 Å². The van der Waals surface area contributed by atoms with Crippen LogP contribution in [0, 0.1) is 19.8 Å². The van der Waals surface area contributed by atoms with Crippen molar-refractivity contribution >= 4 is 5.78 Å². The van der Waals surface area contributed by atoms with Gasteiger partial charge >= 0.3 is 0 Å². The minimum Gasteiger partial charge on any atom is -0.299 e. The largest absolute Gasteiger partial charge is 0.299 e. The van der Waals surface area contributed by atoms with Crippen LogP contribution in [0.4, 0.5) is 0 Å². The predicted octanol–water partition coefficient (Wildman–Crippen LogP) is 3.39. The molecule has 0 aliphatic heterocycles. The summed E-state index contributed by atoms with van der Waals surface area (Å²) in [7, 11) is 0. The number of rotatable bonds is 1. The van der Waals surface area contributed by atoms with E-state index in [2.05, 4.69) is 39.0 Å². The highest BCUT2D eigenvalue weighted by Gasteiger charge is 2.32. The Morgan fingerprint density at radius 3 is 2.60 bits per heavy atom. The highest BCUT2D eigenvalue weighted by molar-refractivity contribution is 5.84. The van der Waals surface area contributed by atoms with Gasteiger partial charge in [-0.1, -0.05) is 30.7 Å². The second-order valence-corrected chi connectivity index (χ2v) is 4.76. The molecule has 0 radical (unpaired) electrons. The normalized spacial score (nSPS) is 25.9. The fourth-order valence-electron chi connectivity index (χ4n) is 2.58. The van der Waals surface area contributed by atoms with Gasteiger partial charge in [-0.05, 0) is 37.3 Å². The molecule has 2 rings (SSSR count). The molecule has 0 amide bonds. The maximum absolute atomic E-state index is 11.6. The summed E-state index contributed by atoms with van der Waals surface area (Å²) in [6.45, 7) is 6.33. The van der Waals surface area contributed by atoms with Gasteiger partial charge in [-0.25, -0.2) is 0 Å². The minimum atomic E-state index is 0.213. The second-order valence-electron chi connectivity index (χ2n) is 4.76. The van der Waals surface area contributed by atoms with E-state index in [1.807, 2.05) is 0 Å². The van der Waals surface area contributed by atoms with E-state index < -0.39 is 0 Å². The summed E-state index contributed by atoms with van der Waals surface area (Å²) in [4.78, 5) is 11.6. The SMILES string of the molecule is Cc1ccc(C)c(C2CCC(=O)C2C)c1. The Balaban J connectivity index is 2.37. The molecule has 2 atom stereocenters. The van der Waals surface area contributed by atoms with Crippen LogP contribution in [0.3, 0.4) is 0 Å². The van der Waals surface area contributed by atoms with Gasteiger partial charge in [0.25, 0.3) is 0 Å². The summed E-state index contributed by atoms with van der Waals surface area (Å²) in [5.41, 5.74) is 4.00. The lowest BCUT2D eigenvalue weighted by molar-refractivity contribution is -0.120.